The molecule has 0 aliphatic rings. The molecule has 0 unspecified atom stereocenters. The first kappa shape index (κ1) is 38.3. The van der Waals surface area contributed by atoms with Gasteiger partial charge in [0.05, 0.1) is 18.7 Å². The van der Waals surface area contributed by atoms with E-state index in [1.54, 1.807) is 0 Å². The Morgan fingerprint density at radius 1 is 0.436 bits per heavy atom. The molecule has 0 saturated heterocycles. The molecule has 1 N–H and O–H groups in total. The summed E-state index contributed by atoms with van der Waals surface area (Å²) in [6, 6.07) is 46.1. The molecule has 55 heavy (non-hydrogen) atoms. The highest BCUT2D eigenvalue weighted by Gasteiger charge is 2.10. The highest BCUT2D eigenvalue weighted by Crippen LogP contribution is 2.34. The van der Waals surface area contributed by atoms with E-state index in [9.17, 15) is 0 Å². The van der Waals surface area contributed by atoms with Gasteiger partial charge in [-0.1, -0.05) is 169 Å². The lowest BCUT2D eigenvalue weighted by atomic mass is 9.98. The number of H-pyrrole nitrogens is 1. The SMILES string of the molecule is CCCCCCCCc1ccc(-c2ccc3cc(OCCCCCCCCCCOc4ccc(-c5cccc6c5[nH]c5ccccc56)cc4)ccc3c2)cc1. The van der Waals surface area contributed by atoms with Crippen LogP contribution in [0.15, 0.2) is 127 Å². The monoisotopic (exact) mass is 729 g/mol. The number of nitrogens with one attached hydrogen (secondary N) is 1. The van der Waals surface area contributed by atoms with Crippen LogP contribution in [-0.4, -0.2) is 18.2 Å². The molecule has 0 bridgehead atoms. The summed E-state index contributed by atoms with van der Waals surface area (Å²) in [6.07, 6.45) is 19.1. The Labute approximate surface area is 329 Å². The third-order valence-electron chi connectivity index (χ3n) is 11.2. The highest BCUT2D eigenvalue weighted by molar-refractivity contribution is 6.11. The second-order valence-corrected chi connectivity index (χ2v) is 15.4. The standard InChI is InChI=1S/C52H59NO2/c1-2-3-4-5-10-13-19-40-24-26-41(27-25-40)43-28-29-45-39-47(35-32-44(45)38-43)55-37-17-12-9-7-6-8-11-16-36-54-46-33-30-42(31-34-46)48-21-18-22-50-49-20-14-15-23-51(49)53-52(48)50/h14-15,18,20-35,38-39,53H,2-13,16-17,19,36-37H2,1H3. The van der Waals surface area contributed by atoms with Gasteiger partial charge in [0, 0.05) is 21.9 Å². The van der Waals surface area contributed by atoms with E-state index in [0.717, 1.165) is 37.6 Å². The first-order valence-electron chi connectivity index (χ1n) is 21.2. The predicted octanol–water partition coefficient (Wildman–Crippen LogP) is 15.3. The van der Waals surface area contributed by atoms with Crippen molar-refractivity contribution in [3.8, 4) is 33.8 Å². The van der Waals surface area contributed by atoms with Crippen molar-refractivity contribution in [2.45, 2.75) is 103 Å². The number of benzene rings is 6. The normalized spacial score (nSPS) is 11.5. The Bertz CT molecular complexity index is 2210. The molecule has 0 atom stereocenters. The first-order valence-corrected chi connectivity index (χ1v) is 21.2. The van der Waals surface area contributed by atoms with Gasteiger partial charge in [-0.2, -0.15) is 0 Å². The zero-order valence-corrected chi connectivity index (χ0v) is 33.0. The molecule has 1 aromatic heterocycles. The van der Waals surface area contributed by atoms with Gasteiger partial charge in [-0.3, -0.25) is 0 Å². The number of hydrogen-bond acceptors (Lipinski definition) is 2. The van der Waals surface area contributed by atoms with Gasteiger partial charge in [0.25, 0.3) is 0 Å². The lowest BCUT2D eigenvalue weighted by molar-refractivity contribution is 0.301. The number of hydrogen-bond donors (Lipinski definition) is 1. The highest BCUT2D eigenvalue weighted by atomic mass is 16.5. The van der Waals surface area contributed by atoms with Gasteiger partial charge in [-0.15, -0.1) is 0 Å². The molecule has 0 spiro atoms. The number of aryl methyl sites for hydroxylation is 1. The zero-order chi connectivity index (χ0) is 37.5. The van der Waals surface area contributed by atoms with Crippen LogP contribution >= 0.6 is 0 Å². The van der Waals surface area contributed by atoms with Crippen molar-refractivity contribution >= 4 is 32.6 Å². The molecule has 0 fully saturated rings. The second-order valence-electron chi connectivity index (χ2n) is 15.4. The Morgan fingerprint density at radius 3 is 1.78 bits per heavy atom. The Balaban J connectivity index is 0.735. The fourth-order valence-electron chi connectivity index (χ4n) is 7.96. The largest absolute Gasteiger partial charge is 0.494 e. The molecular formula is C52H59NO2. The summed E-state index contributed by atoms with van der Waals surface area (Å²) < 4.78 is 12.2. The summed E-state index contributed by atoms with van der Waals surface area (Å²) in [6.45, 7) is 3.84. The molecular weight excluding hydrogens is 671 g/mol. The van der Waals surface area contributed by atoms with Crippen LogP contribution in [0.4, 0.5) is 0 Å². The Hall–Kier alpha value is -5.02. The minimum Gasteiger partial charge on any atom is -0.494 e. The van der Waals surface area contributed by atoms with Gasteiger partial charge in [-0.25, -0.2) is 0 Å². The van der Waals surface area contributed by atoms with Gasteiger partial charge in [0.1, 0.15) is 11.5 Å². The van der Waals surface area contributed by atoms with E-state index in [1.165, 1.54) is 144 Å². The van der Waals surface area contributed by atoms with E-state index in [-0.39, 0.29) is 0 Å². The van der Waals surface area contributed by atoms with Crippen LogP contribution in [0.3, 0.4) is 0 Å². The maximum absolute atomic E-state index is 6.15. The summed E-state index contributed by atoms with van der Waals surface area (Å²) in [5.74, 6) is 1.92. The molecule has 0 radical (unpaired) electrons. The maximum atomic E-state index is 6.15. The third-order valence-corrected chi connectivity index (χ3v) is 11.2. The van der Waals surface area contributed by atoms with Crippen LogP contribution in [0.5, 0.6) is 11.5 Å². The topological polar surface area (TPSA) is 34.2 Å². The quantitative estimate of drug-likeness (QED) is 0.0705. The van der Waals surface area contributed by atoms with E-state index in [0.29, 0.717) is 0 Å². The molecule has 3 nitrogen and oxygen atoms in total. The molecule has 0 aliphatic heterocycles. The minimum atomic E-state index is 0.775. The van der Waals surface area contributed by atoms with Crippen molar-refractivity contribution in [2.75, 3.05) is 13.2 Å². The number of fused-ring (bicyclic) bond motifs is 4. The van der Waals surface area contributed by atoms with Gasteiger partial charge in [0.15, 0.2) is 0 Å². The molecule has 6 aromatic carbocycles. The first-order chi connectivity index (χ1) is 27.2. The van der Waals surface area contributed by atoms with Crippen LogP contribution in [0.2, 0.25) is 0 Å². The van der Waals surface area contributed by atoms with Crippen LogP contribution in [0, 0.1) is 0 Å². The Kier molecular flexibility index (Phi) is 14.0. The van der Waals surface area contributed by atoms with E-state index in [2.05, 4.69) is 139 Å². The number of aromatic nitrogens is 1. The number of rotatable bonds is 22. The smallest absolute Gasteiger partial charge is 0.119 e. The van der Waals surface area contributed by atoms with Crippen LogP contribution < -0.4 is 9.47 Å². The van der Waals surface area contributed by atoms with Gasteiger partial charge in [-0.05, 0) is 95.1 Å². The van der Waals surface area contributed by atoms with Crippen molar-refractivity contribution in [1.29, 1.82) is 0 Å². The van der Waals surface area contributed by atoms with Crippen molar-refractivity contribution < 1.29 is 9.47 Å². The molecule has 3 heteroatoms. The Morgan fingerprint density at radius 2 is 1.02 bits per heavy atom. The van der Waals surface area contributed by atoms with Gasteiger partial charge < -0.3 is 14.5 Å². The maximum Gasteiger partial charge on any atom is 0.119 e. The van der Waals surface area contributed by atoms with Gasteiger partial charge in [0.2, 0.25) is 0 Å². The number of ether oxygens (including phenoxy) is 2. The molecule has 1 heterocycles. The van der Waals surface area contributed by atoms with Crippen LogP contribution in [0.25, 0.3) is 54.8 Å². The van der Waals surface area contributed by atoms with Gasteiger partial charge >= 0.3 is 0 Å². The fourth-order valence-corrected chi connectivity index (χ4v) is 7.96. The van der Waals surface area contributed by atoms with E-state index in [1.807, 2.05) is 0 Å². The van der Waals surface area contributed by atoms with Crippen molar-refractivity contribution in [3.05, 3.63) is 133 Å². The summed E-state index contributed by atoms with van der Waals surface area (Å²) in [5, 5.41) is 5.03. The summed E-state index contributed by atoms with van der Waals surface area (Å²) in [5.41, 5.74) is 8.81. The average Bonchev–Trinajstić information content (AvgIpc) is 3.62. The zero-order valence-electron chi connectivity index (χ0n) is 33.0. The summed E-state index contributed by atoms with van der Waals surface area (Å²) in [4.78, 5) is 3.62. The third kappa shape index (κ3) is 10.6. The second kappa shape index (κ2) is 20.1. The molecule has 7 rings (SSSR count). The lowest BCUT2D eigenvalue weighted by Gasteiger charge is -2.09. The van der Waals surface area contributed by atoms with Crippen molar-refractivity contribution in [3.63, 3.8) is 0 Å². The van der Waals surface area contributed by atoms with Crippen molar-refractivity contribution in [2.24, 2.45) is 0 Å². The molecule has 284 valence electrons. The number of para-hydroxylation sites is 2. The summed E-state index contributed by atoms with van der Waals surface area (Å²) in [7, 11) is 0. The van der Waals surface area contributed by atoms with E-state index >= 15 is 0 Å². The number of aromatic amines is 1. The lowest BCUT2D eigenvalue weighted by Crippen LogP contribution is -1.98. The fraction of sp³-hybridized carbons (Fsp3) is 0.346. The molecule has 0 aliphatic carbocycles. The van der Waals surface area contributed by atoms with Crippen molar-refractivity contribution in [1.82, 2.24) is 4.98 Å². The average molecular weight is 730 g/mol. The van der Waals surface area contributed by atoms with Crippen LogP contribution in [-0.2, 0) is 6.42 Å². The van der Waals surface area contributed by atoms with E-state index in [4.69, 9.17) is 9.47 Å². The predicted molar refractivity (Wildman–Crippen MR) is 236 cm³/mol. The molecule has 0 amide bonds. The number of unbranched alkanes of at least 4 members (excludes halogenated alkanes) is 12. The van der Waals surface area contributed by atoms with E-state index < -0.39 is 0 Å². The summed E-state index contributed by atoms with van der Waals surface area (Å²) >= 11 is 0. The minimum absolute atomic E-state index is 0.775. The van der Waals surface area contributed by atoms with Crippen LogP contribution in [0.1, 0.15) is 102 Å². The molecule has 0 saturated carbocycles. The molecule has 7 aromatic rings.